The maximum absolute atomic E-state index is 10.6. The van der Waals surface area contributed by atoms with Gasteiger partial charge < -0.3 is 9.84 Å². The first-order valence-corrected chi connectivity index (χ1v) is 6.54. The van der Waals surface area contributed by atoms with Gasteiger partial charge in [-0.1, -0.05) is 20.8 Å². The number of aliphatic hydroxyl groups is 1. The molecule has 1 aliphatic carbocycles. The smallest absolute Gasteiger partial charge is 0.119 e. The van der Waals surface area contributed by atoms with Crippen molar-refractivity contribution in [2.24, 2.45) is 5.41 Å². The fourth-order valence-electron chi connectivity index (χ4n) is 2.99. The fraction of sp³-hybridized carbons (Fsp3) is 0.733. The minimum Gasteiger partial charge on any atom is -0.491 e. The number of ether oxygens (including phenoxy) is 1. The lowest BCUT2D eigenvalue weighted by Gasteiger charge is -2.41. The molecule has 2 aliphatic rings. The van der Waals surface area contributed by atoms with Crippen LogP contribution in [-0.4, -0.2) is 16.8 Å². The van der Waals surface area contributed by atoms with E-state index in [1.54, 1.807) is 0 Å². The van der Waals surface area contributed by atoms with Crippen molar-refractivity contribution in [3.05, 3.63) is 23.0 Å². The van der Waals surface area contributed by atoms with E-state index in [0.717, 1.165) is 30.6 Å². The molecule has 0 amide bonds. The largest absolute Gasteiger partial charge is 0.491 e. The fourth-order valence-corrected chi connectivity index (χ4v) is 2.99. The van der Waals surface area contributed by atoms with Crippen LogP contribution < -0.4 is 0 Å². The normalized spacial score (nSPS) is 34.0. The van der Waals surface area contributed by atoms with Crippen molar-refractivity contribution in [1.82, 2.24) is 0 Å². The quantitative estimate of drug-likeness (QED) is 0.696. The van der Waals surface area contributed by atoms with Gasteiger partial charge in [0.25, 0.3) is 0 Å². The summed E-state index contributed by atoms with van der Waals surface area (Å²) in [4.78, 5) is 0. The van der Waals surface area contributed by atoms with Crippen LogP contribution in [0.15, 0.2) is 23.0 Å². The van der Waals surface area contributed by atoms with Crippen LogP contribution in [0.1, 0.15) is 53.9 Å². The Morgan fingerprint density at radius 1 is 1.41 bits per heavy atom. The molecule has 1 aliphatic heterocycles. The molecule has 2 rings (SSSR count). The Hall–Kier alpha value is -0.760. The van der Waals surface area contributed by atoms with Crippen LogP contribution >= 0.6 is 0 Å². The summed E-state index contributed by atoms with van der Waals surface area (Å²) in [6.45, 7) is 10.5. The third kappa shape index (κ3) is 2.42. The highest BCUT2D eigenvalue weighted by Crippen LogP contribution is 2.44. The minimum absolute atomic E-state index is 0.0218. The Kier molecular flexibility index (Phi) is 2.89. The molecular weight excluding hydrogens is 212 g/mol. The van der Waals surface area contributed by atoms with E-state index >= 15 is 0 Å². The Morgan fingerprint density at radius 3 is 2.65 bits per heavy atom. The van der Waals surface area contributed by atoms with Crippen molar-refractivity contribution in [2.45, 2.75) is 65.6 Å². The zero-order chi connectivity index (χ0) is 12.8. The van der Waals surface area contributed by atoms with Crippen LogP contribution in [-0.2, 0) is 4.74 Å². The maximum Gasteiger partial charge on any atom is 0.119 e. The van der Waals surface area contributed by atoms with Crippen molar-refractivity contribution in [1.29, 1.82) is 0 Å². The summed E-state index contributed by atoms with van der Waals surface area (Å²) < 4.78 is 5.90. The molecule has 0 aromatic carbocycles. The summed E-state index contributed by atoms with van der Waals surface area (Å²) in [6, 6.07) is 0. The monoisotopic (exact) mass is 236 g/mol. The zero-order valence-corrected chi connectivity index (χ0v) is 11.6. The third-order valence-corrected chi connectivity index (χ3v) is 3.75. The predicted molar refractivity (Wildman–Crippen MR) is 69.6 cm³/mol. The summed E-state index contributed by atoms with van der Waals surface area (Å²) in [5, 5.41) is 10.6. The lowest BCUT2D eigenvalue weighted by molar-refractivity contribution is 0.0553. The molecule has 0 spiro atoms. The van der Waals surface area contributed by atoms with Crippen LogP contribution in [0.2, 0.25) is 0 Å². The van der Waals surface area contributed by atoms with Crippen LogP contribution in [0.25, 0.3) is 0 Å². The minimum atomic E-state index is -0.721. The molecule has 0 fully saturated rings. The highest BCUT2D eigenvalue weighted by atomic mass is 16.5. The summed E-state index contributed by atoms with van der Waals surface area (Å²) >= 11 is 0. The van der Waals surface area contributed by atoms with Gasteiger partial charge in [-0.2, -0.15) is 0 Å². The van der Waals surface area contributed by atoms with E-state index in [1.165, 1.54) is 5.57 Å². The second kappa shape index (κ2) is 3.88. The molecular formula is C15H24O2. The van der Waals surface area contributed by atoms with Crippen molar-refractivity contribution in [3.8, 4) is 0 Å². The van der Waals surface area contributed by atoms with Gasteiger partial charge in [-0.05, 0) is 49.3 Å². The van der Waals surface area contributed by atoms with Crippen molar-refractivity contribution >= 4 is 0 Å². The first-order chi connectivity index (χ1) is 7.70. The second-order valence-electron chi connectivity index (χ2n) is 6.69. The lowest BCUT2D eigenvalue weighted by atomic mass is 9.70. The van der Waals surface area contributed by atoms with Gasteiger partial charge in [0.15, 0.2) is 0 Å². The third-order valence-electron chi connectivity index (χ3n) is 3.75. The highest BCUT2D eigenvalue weighted by Gasteiger charge is 2.39. The summed E-state index contributed by atoms with van der Waals surface area (Å²) in [5.74, 6) is 1.01. The van der Waals surface area contributed by atoms with Gasteiger partial charge in [0.1, 0.15) is 5.76 Å². The van der Waals surface area contributed by atoms with E-state index in [2.05, 4.69) is 33.8 Å². The number of allylic oxidation sites excluding steroid dienone is 1. The molecule has 2 unspecified atom stereocenters. The predicted octanol–water partition coefficient (Wildman–Crippen LogP) is 3.57. The van der Waals surface area contributed by atoms with Gasteiger partial charge >= 0.3 is 0 Å². The maximum atomic E-state index is 10.6. The zero-order valence-electron chi connectivity index (χ0n) is 11.6. The van der Waals surface area contributed by atoms with Crippen LogP contribution in [0.4, 0.5) is 0 Å². The van der Waals surface area contributed by atoms with Crippen molar-refractivity contribution in [2.75, 3.05) is 0 Å². The van der Waals surface area contributed by atoms with E-state index < -0.39 is 5.60 Å². The van der Waals surface area contributed by atoms with Gasteiger partial charge in [0, 0.05) is 6.42 Å². The van der Waals surface area contributed by atoms with Crippen LogP contribution in [0.3, 0.4) is 0 Å². The van der Waals surface area contributed by atoms with E-state index in [1.807, 2.05) is 6.92 Å². The van der Waals surface area contributed by atoms with E-state index in [-0.39, 0.29) is 5.41 Å². The van der Waals surface area contributed by atoms with Gasteiger partial charge in [0.2, 0.25) is 0 Å². The topological polar surface area (TPSA) is 29.5 Å². The number of hydrogen-bond acceptors (Lipinski definition) is 2. The standard InChI is InChI=1S/C15H24O2/c1-10-6-7-11-9-15(5,16)13(14(2,3)4)8-12(11)17-10/h8,10,16H,6-7,9H2,1-5H3. The van der Waals surface area contributed by atoms with E-state index in [9.17, 15) is 5.11 Å². The molecule has 1 heterocycles. The first kappa shape index (κ1) is 12.7. The molecule has 0 aromatic heterocycles. The van der Waals surface area contributed by atoms with Crippen LogP contribution in [0.5, 0.6) is 0 Å². The van der Waals surface area contributed by atoms with E-state index in [4.69, 9.17) is 4.74 Å². The average molecular weight is 236 g/mol. The SMILES string of the molecule is CC1CCC2=C(C=C(C(C)(C)C)C(C)(O)C2)O1. The Morgan fingerprint density at radius 2 is 2.06 bits per heavy atom. The molecule has 0 saturated carbocycles. The molecule has 96 valence electrons. The van der Waals surface area contributed by atoms with Gasteiger partial charge in [0.05, 0.1) is 11.7 Å². The molecule has 0 saturated heterocycles. The van der Waals surface area contributed by atoms with Crippen molar-refractivity contribution < 1.29 is 9.84 Å². The molecule has 0 bridgehead atoms. The Bertz CT molecular complexity index is 380. The van der Waals surface area contributed by atoms with E-state index in [0.29, 0.717) is 6.10 Å². The van der Waals surface area contributed by atoms with Crippen molar-refractivity contribution in [3.63, 3.8) is 0 Å². The van der Waals surface area contributed by atoms with Crippen LogP contribution in [0, 0.1) is 5.41 Å². The molecule has 2 atom stereocenters. The van der Waals surface area contributed by atoms with Gasteiger partial charge in [-0.25, -0.2) is 0 Å². The number of hydrogen-bond donors (Lipinski definition) is 1. The molecule has 0 aromatic rings. The molecule has 1 N–H and O–H groups in total. The Labute approximate surface area is 104 Å². The number of rotatable bonds is 0. The second-order valence-corrected chi connectivity index (χ2v) is 6.69. The first-order valence-electron chi connectivity index (χ1n) is 6.54. The van der Waals surface area contributed by atoms with Gasteiger partial charge in [-0.3, -0.25) is 0 Å². The Balaban J connectivity index is 2.40. The summed E-state index contributed by atoms with van der Waals surface area (Å²) in [5.41, 5.74) is 1.62. The molecule has 0 radical (unpaired) electrons. The molecule has 17 heavy (non-hydrogen) atoms. The highest BCUT2D eigenvalue weighted by molar-refractivity contribution is 5.39. The van der Waals surface area contributed by atoms with Gasteiger partial charge in [-0.15, -0.1) is 0 Å². The summed E-state index contributed by atoms with van der Waals surface area (Å²) in [6.07, 6.45) is 5.22. The molecule has 2 heteroatoms. The molecule has 2 nitrogen and oxygen atoms in total. The average Bonchev–Trinajstić information content (AvgIpc) is 2.15. The lowest BCUT2D eigenvalue weighted by Crippen LogP contribution is -2.38. The summed E-state index contributed by atoms with van der Waals surface area (Å²) in [7, 11) is 0.